The van der Waals surface area contributed by atoms with Crippen molar-refractivity contribution < 1.29 is 4.39 Å². The Morgan fingerprint density at radius 1 is 1.33 bits per heavy atom. The van der Waals surface area contributed by atoms with Gasteiger partial charge in [-0.3, -0.25) is 0 Å². The average Bonchev–Trinajstić information content (AvgIpc) is 2.01. The van der Waals surface area contributed by atoms with Crippen molar-refractivity contribution in [3.05, 3.63) is 34.6 Å². The van der Waals surface area contributed by atoms with Crippen molar-refractivity contribution in [1.82, 2.24) is 0 Å². The lowest BCUT2D eigenvalue weighted by Crippen LogP contribution is -2.26. The first-order valence-corrected chi connectivity index (χ1v) is 4.90. The lowest BCUT2D eigenvalue weighted by atomic mass is 9.83. The molecule has 0 fully saturated rings. The van der Waals surface area contributed by atoms with E-state index in [-0.39, 0.29) is 29.7 Å². The van der Waals surface area contributed by atoms with Crippen molar-refractivity contribution in [3.63, 3.8) is 0 Å². The average molecular weight is 252 g/mol. The SMILES string of the molecule is CC(C)(C)[C@H](N)c1ccc(F)cc1Cl.Cl. The zero-order chi connectivity index (χ0) is 10.9. The molecule has 1 nitrogen and oxygen atoms in total. The predicted molar refractivity (Wildman–Crippen MR) is 65.0 cm³/mol. The van der Waals surface area contributed by atoms with Gasteiger partial charge in [0.25, 0.3) is 0 Å². The summed E-state index contributed by atoms with van der Waals surface area (Å²) in [6.07, 6.45) is 0. The molecule has 0 spiro atoms. The lowest BCUT2D eigenvalue weighted by Gasteiger charge is -2.28. The van der Waals surface area contributed by atoms with Crippen molar-refractivity contribution in [2.45, 2.75) is 26.8 Å². The van der Waals surface area contributed by atoms with Gasteiger partial charge in [0.15, 0.2) is 0 Å². The van der Waals surface area contributed by atoms with Crippen LogP contribution in [0.2, 0.25) is 5.02 Å². The summed E-state index contributed by atoms with van der Waals surface area (Å²) >= 11 is 5.91. The summed E-state index contributed by atoms with van der Waals surface area (Å²) in [5.74, 6) is -0.333. The quantitative estimate of drug-likeness (QED) is 0.804. The maximum absolute atomic E-state index is 12.8. The Hall–Kier alpha value is -0.310. The smallest absolute Gasteiger partial charge is 0.124 e. The standard InChI is InChI=1S/C11H15ClFN.ClH/c1-11(2,3)10(14)8-5-4-7(13)6-9(8)12;/h4-6,10H,14H2,1-3H3;1H/t10-;/m1./s1. The fourth-order valence-electron chi connectivity index (χ4n) is 1.22. The van der Waals surface area contributed by atoms with Gasteiger partial charge in [0, 0.05) is 11.1 Å². The molecular formula is C11H16Cl2FN. The van der Waals surface area contributed by atoms with Gasteiger partial charge in [-0.05, 0) is 23.1 Å². The molecule has 0 aliphatic rings. The van der Waals surface area contributed by atoms with Gasteiger partial charge in [-0.25, -0.2) is 4.39 Å². The van der Waals surface area contributed by atoms with Crippen molar-refractivity contribution >= 4 is 24.0 Å². The fraction of sp³-hybridized carbons (Fsp3) is 0.455. The molecule has 1 atom stereocenters. The van der Waals surface area contributed by atoms with Crippen molar-refractivity contribution in [2.75, 3.05) is 0 Å². The zero-order valence-electron chi connectivity index (χ0n) is 9.05. The van der Waals surface area contributed by atoms with E-state index in [1.54, 1.807) is 6.07 Å². The van der Waals surface area contributed by atoms with Crippen LogP contribution in [-0.4, -0.2) is 0 Å². The molecule has 15 heavy (non-hydrogen) atoms. The van der Waals surface area contributed by atoms with Gasteiger partial charge >= 0.3 is 0 Å². The Kier molecular flexibility index (Phi) is 5.04. The highest BCUT2D eigenvalue weighted by atomic mass is 35.5. The van der Waals surface area contributed by atoms with E-state index in [4.69, 9.17) is 17.3 Å². The number of nitrogens with two attached hydrogens (primary N) is 1. The molecule has 0 unspecified atom stereocenters. The van der Waals surface area contributed by atoms with Gasteiger partial charge in [-0.15, -0.1) is 12.4 Å². The van der Waals surface area contributed by atoms with Crippen molar-refractivity contribution in [3.8, 4) is 0 Å². The molecular weight excluding hydrogens is 236 g/mol. The number of halogens is 3. The second-order valence-electron chi connectivity index (χ2n) is 4.51. The highest BCUT2D eigenvalue weighted by Gasteiger charge is 2.24. The molecule has 1 rings (SSSR count). The number of benzene rings is 1. The Bertz CT molecular complexity index is 334. The zero-order valence-corrected chi connectivity index (χ0v) is 10.6. The molecule has 1 aromatic carbocycles. The topological polar surface area (TPSA) is 26.0 Å². The molecule has 0 saturated heterocycles. The summed E-state index contributed by atoms with van der Waals surface area (Å²) in [5, 5.41) is 0.396. The van der Waals surface area contributed by atoms with E-state index in [1.165, 1.54) is 12.1 Å². The third-order valence-electron chi connectivity index (χ3n) is 2.23. The molecule has 0 bridgehead atoms. The first-order chi connectivity index (χ1) is 6.32. The van der Waals surface area contributed by atoms with Gasteiger partial charge in [0.1, 0.15) is 5.82 Å². The Morgan fingerprint density at radius 3 is 2.27 bits per heavy atom. The molecule has 0 aliphatic heterocycles. The molecule has 0 aliphatic carbocycles. The third-order valence-corrected chi connectivity index (χ3v) is 2.56. The second-order valence-corrected chi connectivity index (χ2v) is 4.92. The van der Waals surface area contributed by atoms with Gasteiger partial charge in [-0.1, -0.05) is 38.4 Å². The van der Waals surface area contributed by atoms with Crippen molar-refractivity contribution in [2.24, 2.45) is 11.1 Å². The summed E-state index contributed by atoms with van der Waals surface area (Å²) in [5.41, 5.74) is 6.73. The van der Waals surface area contributed by atoms with Crippen LogP contribution in [0.1, 0.15) is 32.4 Å². The van der Waals surface area contributed by atoms with E-state index in [0.717, 1.165) is 5.56 Å². The first-order valence-electron chi connectivity index (χ1n) is 4.53. The molecule has 1 aromatic rings. The van der Waals surface area contributed by atoms with Crippen LogP contribution in [-0.2, 0) is 0 Å². The van der Waals surface area contributed by atoms with Crippen LogP contribution >= 0.6 is 24.0 Å². The maximum atomic E-state index is 12.8. The summed E-state index contributed by atoms with van der Waals surface area (Å²) < 4.78 is 12.8. The van der Waals surface area contributed by atoms with Crippen LogP contribution in [0.25, 0.3) is 0 Å². The molecule has 0 radical (unpaired) electrons. The van der Waals surface area contributed by atoms with Gasteiger partial charge in [-0.2, -0.15) is 0 Å². The normalized spacial score (nSPS) is 13.2. The maximum Gasteiger partial charge on any atom is 0.124 e. The van der Waals surface area contributed by atoms with Crippen LogP contribution in [0.3, 0.4) is 0 Å². The minimum atomic E-state index is -0.333. The van der Waals surface area contributed by atoms with E-state index in [2.05, 4.69) is 0 Å². The van der Waals surface area contributed by atoms with Crippen LogP contribution in [0.5, 0.6) is 0 Å². The molecule has 0 heterocycles. The molecule has 0 amide bonds. The van der Waals surface area contributed by atoms with Crippen LogP contribution < -0.4 is 5.73 Å². The Labute approximate surface area is 101 Å². The van der Waals surface area contributed by atoms with Crippen LogP contribution in [0.15, 0.2) is 18.2 Å². The predicted octanol–water partition coefficient (Wildman–Crippen LogP) is 3.95. The summed E-state index contributed by atoms with van der Waals surface area (Å²) in [4.78, 5) is 0. The highest BCUT2D eigenvalue weighted by Crippen LogP contribution is 2.34. The van der Waals surface area contributed by atoms with E-state index >= 15 is 0 Å². The van der Waals surface area contributed by atoms with Crippen LogP contribution in [0, 0.1) is 11.2 Å². The number of rotatable bonds is 1. The summed E-state index contributed by atoms with van der Waals surface area (Å²) in [6, 6.07) is 4.14. The summed E-state index contributed by atoms with van der Waals surface area (Å²) in [6.45, 7) is 6.08. The molecule has 86 valence electrons. The van der Waals surface area contributed by atoms with Gasteiger partial charge < -0.3 is 5.73 Å². The monoisotopic (exact) mass is 251 g/mol. The molecule has 2 N–H and O–H groups in total. The van der Waals surface area contributed by atoms with E-state index in [0.29, 0.717) is 5.02 Å². The first kappa shape index (κ1) is 14.7. The number of hydrogen-bond acceptors (Lipinski definition) is 1. The minimum Gasteiger partial charge on any atom is -0.323 e. The number of hydrogen-bond donors (Lipinski definition) is 1. The van der Waals surface area contributed by atoms with E-state index in [1.807, 2.05) is 20.8 Å². The molecule has 0 aromatic heterocycles. The minimum absolute atomic E-state index is 0. The lowest BCUT2D eigenvalue weighted by molar-refractivity contribution is 0.327. The Morgan fingerprint density at radius 2 is 1.87 bits per heavy atom. The Balaban J connectivity index is 0.00000196. The van der Waals surface area contributed by atoms with Gasteiger partial charge in [0.2, 0.25) is 0 Å². The van der Waals surface area contributed by atoms with E-state index < -0.39 is 0 Å². The molecule has 4 heteroatoms. The second kappa shape index (κ2) is 5.15. The fourth-order valence-corrected chi connectivity index (χ4v) is 1.51. The van der Waals surface area contributed by atoms with E-state index in [9.17, 15) is 4.39 Å². The van der Waals surface area contributed by atoms with Crippen LogP contribution in [0.4, 0.5) is 4.39 Å². The summed E-state index contributed by atoms with van der Waals surface area (Å²) in [7, 11) is 0. The van der Waals surface area contributed by atoms with Crippen molar-refractivity contribution in [1.29, 1.82) is 0 Å². The van der Waals surface area contributed by atoms with Gasteiger partial charge in [0.05, 0.1) is 0 Å². The highest BCUT2D eigenvalue weighted by molar-refractivity contribution is 6.31. The third kappa shape index (κ3) is 3.63. The molecule has 0 saturated carbocycles. The largest absolute Gasteiger partial charge is 0.323 e.